The highest BCUT2D eigenvalue weighted by atomic mass is 32.1. The number of piperidine rings is 1. The number of fused-ring (bicyclic) bond motifs is 1. The van der Waals surface area contributed by atoms with E-state index < -0.39 is 5.82 Å². The van der Waals surface area contributed by atoms with Crippen molar-refractivity contribution in [2.45, 2.75) is 51.5 Å². The number of likely N-dealkylation sites (tertiary alicyclic amines) is 1. The quantitative estimate of drug-likeness (QED) is 0.638. The number of thiophene rings is 1. The van der Waals surface area contributed by atoms with E-state index in [4.69, 9.17) is 4.98 Å². The fourth-order valence-corrected chi connectivity index (χ4v) is 5.53. The molecule has 2 amide bonds. The van der Waals surface area contributed by atoms with Crippen molar-refractivity contribution in [1.82, 2.24) is 20.2 Å². The Kier molecular flexibility index (Phi) is 5.41. The molecule has 6 nitrogen and oxygen atoms in total. The van der Waals surface area contributed by atoms with E-state index in [2.05, 4.69) is 10.3 Å². The second-order valence-electron chi connectivity index (χ2n) is 8.70. The van der Waals surface area contributed by atoms with Crippen molar-refractivity contribution in [3.8, 4) is 0 Å². The number of amides is 2. The molecule has 0 unspecified atom stereocenters. The fraction of sp³-hybridized carbons (Fsp3) is 0.417. The van der Waals surface area contributed by atoms with Gasteiger partial charge in [-0.05, 0) is 57.2 Å². The first-order valence-electron chi connectivity index (χ1n) is 11.0. The monoisotopic (exact) mass is 452 g/mol. The molecule has 8 heteroatoms. The molecule has 1 saturated carbocycles. The minimum atomic E-state index is -0.503. The molecule has 3 heterocycles. The molecule has 5 rings (SSSR count). The second-order valence-corrected chi connectivity index (χ2v) is 9.70. The third kappa shape index (κ3) is 3.88. The molecule has 166 valence electrons. The molecule has 32 heavy (non-hydrogen) atoms. The molecule has 0 spiro atoms. The van der Waals surface area contributed by atoms with Gasteiger partial charge in [-0.25, -0.2) is 14.4 Å². The van der Waals surface area contributed by atoms with Crippen molar-refractivity contribution in [2.24, 2.45) is 0 Å². The number of halogens is 1. The number of hydrogen-bond acceptors (Lipinski definition) is 5. The number of aryl methyl sites for hydroxylation is 2. The zero-order chi connectivity index (χ0) is 22.4. The standard InChI is InChI=1S/C24H25FN4O2S/c1-13-19-14(2)26-21(15-7-8-15)28-23(19)32-20(13)22(30)27-16-9-11-29(12-10-16)24(31)17-5-3-4-6-18(17)25/h3-6,15-16H,7-12H2,1-2H3,(H,27,30). The van der Waals surface area contributed by atoms with Gasteiger partial charge in [-0.3, -0.25) is 9.59 Å². The molecule has 0 atom stereocenters. The Morgan fingerprint density at radius 2 is 1.81 bits per heavy atom. The predicted molar refractivity (Wildman–Crippen MR) is 122 cm³/mol. The van der Waals surface area contributed by atoms with Crippen molar-refractivity contribution < 1.29 is 14.0 Å². The van der Waals surface area contributed by atoms with Crippen LogP contribution in [0.5, 0.6) is 0 Å². The van der Waals surface area contributed by atoms with Gasteiger partial charge in [-0.15, -0.1) is 11.3 Å². The zero-order valence-corrected chi connectivity index (χ0v) is 19.0. The van der Waals surface area contributed by atoms with Crippen molar-refractivity contribution in [2.75, 3.05) is 13.1 Å². The minimum absolute atomic E-state index is 0.0222. The van der Waals surface area contributed by atoms with Gasteiger partial charge in [0.05, 0.1) is 16.1 Å². The van der Waals surface area contributed by atoms with Gasteiger partial charge in [0, 0.05) is 30.4 Å². The lowest BCUT2D eigenvalue weighted by molar-refractivity contribution is 0.0694. The number of hydrogen-bond donors (Lipinski definition) is 1. The Hall–Kier alpha value is -2.87. The Morgan fingerprint density at radius 1 is 1.09 bits per heavy atom. The smallest absolute Gasteiger partial charge is 0.261 e. The highest BCUT2D eigenvalue weighted by Gasteiger charge is 2.30. The summed E-state index contributed by atoms with van der Waals surface area (Å²) in [6.45, 7) is 4.91. The number of nitrogens with one attached hydrogen (secondary N) is 1. The first-order valence-corrected chi connectivity index (χ1v) is 11.9. The number of carbonyl (C=O) groups excluding carboxylic acids is 2. The molecule has 2 fully saturated rings. The van der Waals surface area contributed by atoms with Gasteiger partial charge < -0.3 is 10.2 Å². The van der Waals surface area contributed by atoms with Crippen LogP contribution < -0.4 is 5.32 Å². The van der Waals surface area contributed by atoms with E-state index in [0.29, 0.717) is 36.7 Å². The van der Waals surface area contributed by atoms with Crippen LogP contribution >= 0.6 is 11.3 Å². The van der Waals surface area contributed by atoms with Crippen LogP contribution in [0, 0.1) is 19.7 Å². The van der Waals surface area contributed by atoms with E-state index in [9.17, 15) is 14.0 Å². The fourth-order valence-electron chi connectivity index (χ4n) is 4.38. The van der Waals surface area contributed by atoms with Crippen LogP contribution in [0.4, 0.5) is 4.39 Å². The Bertz CT molecular complexity index is 1210. The Morgan fingerprint density at radius 3 is 2.50 bits per heavy atom. The summed E-state index contributed by atoms with van der Waals surface area (Å²) in [4.78, 5) is 38.3. The third-order valence-electron chi connectivity index (χ3n) is 6.36. The van der Waals surface area contributed by atoms with Crippen LogP contribution in [0.1, 0.15) is 68.7 Å². The molecule has 1 aliphatic heterocycles. The van der Waals surface area contributed by atoms with Gasteiger partial charge in [-0.1, -0.05) is 12.1 Å². The van der Waals surface area contributed by atoms with Crippen LogP contribution in [0.3, 0.4) is 0 Å². The van der Waals surface area contributed by atoms with Crippen LogP contribution in [0.25, 0.3) is 10.2 Å². The molecule has 2 aromatic heterocycles. The van der Waals surface area contributed by atoms with E-state index in [0.717, 1.165) is 40.1 Å². The van der Waals surface area contributed by atoms with E-state index in [1.165, 1.54) is 23.5 Å². The van der Waals surface area contributed by atoms with Crippen LogP contribution in [-0.2, 0) is 0 Å². The van der Waals surface area contributed by atoms with E-state index in [-0.39, 0.29) is 23.4 Å². The molecule has 1 aromatic carbocycles. The Labute approximate surface area is 189 Å². The molecular formula is C24H25FN4O2S. The SMILES string of the molecule is Cc1nc(C2CC2)nc2sc(C(=O)NC3CCN(C(=O)c4ccccc4F)CC3)c(C)c12. The first-order chi connectivity index (χ1) is 15.4. The summed E-state index contributed by atoms with van der Waals surface area (Å²) in [6.07, 6.45) is 3.56. The topological polar surface area (TPSA) is 75.2 Å². The maximum absolute atomic E-state index is 13.9. The van der Waals surface area contributed by atoms with Gasteiger partial charge in [0.25, 0.3) is 11.8 Å². The Balaban J connectivity index is 1.26. The number of aromatic nitrogens is 2. The van der Waals surface area contributed by atoms with Gasteiger partial charge in [0.2, 0.25) is 0 Å². The molecular weight excluding hydrogens is 427 g/mol. The molecule has 0 bridgehead atoms. The van der Waals surface area contributed by atoms with Crippen molar-refractivity contribution in [3.05, 3.63) is 57.6 Å². The molecule has 1 aliphatic carbocycles. The summed E-state index contributed by atoms with van der Waals surface area (Å²) in [7, 11) is 0. The maximum Gasteiger partial charge on any atom is 0.261 e. The summed E-state index contributed by atoms with van der Waals surface area (Å²) in [6, 6.07) is 6.02. The second kappa shape index (κ2) is 8.24. The molecule has 1 N–H and O–H groups in total. The number of rotatable bonds is 4. The molecule has 0 radical (unpaired) electrons. The summed E-state index contributed by atoms with van der Waals surface area (Å²) >= 11 is 1.43. The van der Waals surface area contributed by atoms with Crippen molar-refractivity contribution in [1.29, 1.82) is 0 Å². The highest BCUT2D eigenvalue weighted by molar-refractivity contribution is 7.20. The van der Waals surface area contributed by atoms with Crippen LogP contribution in [0.15, 0.2) is 24.3 Å². The van der Waals surface area contributed by atoms with Gasteiger partial charge in [0.1, 0.15) is 16.5 Å². The average Bonchev–Trinajstić information content (AvgIpc) is 3.57. The lowest BCUT2D eigenvalue weighted by Crippen LogP contribution is -2.46. The van der Waals surface area contributed by atoms with Crippen molar-refractivity contribution >= 4 is 33.4 Å². The van der Waals surface area contributed by atoms with Gasteiger partial charge in [0.15, 0.2) is 0 Å². The normalized spacial score (nSPS) is 17.0. The highest BCUT2D eigenvalue weighted by Crippen LogP contribution is 2.40. The van der Waals surface area contributed by atoms with Crippen LogP contribution in [0.2, 0.25) is 0 Å². The predicted octanol–water partition coefficient (Wildman–Crippen LogP) is 4.36. The van der Waals surface area contributed by atoms with E-state index in [1.807, 2.05) is 13.8 Å². The maximum atomic E-state index is 13.9. The number of nitrogens with zero attached hydrogens (tertiary/aromatic N) is 3. The molecule has 2 aliphatic rings. The first kappa shape index (κ1) is 21.0. The third-order valence-corrected chi connectivity index (χ3v) is 7.54. The van der Waals surface area contributed by atoms with E-state index in [1.54, 1.807) is 17.0 Å². The lowest BCUT2D eigenvalue weighted by Gasteiger charge is -2.32. The summed E-state index contributed by atoms with van der Waals surface area (Å²) in [5.41, 5.74) is 1.96. The summed E-state index contributed by atoms with van der Waals surface area (Å²) in [5, 5.41) is 4.11. The van der Waals surface area contributed by atoms with E-state index >= 15 is 0 Å². The van der Waals surface area contributed by atoms with Gasteiger partial charge >= 0.3 is 0 Å². The van der Waals surface area contributed by atoms with Crippen molar-refractivity contribution in [3.63, 3.8) is 0 Å². The summed E-state index contributed by atoms with van der Waals surface area (Å²) in [5.74, 6) is 0.465. The lowest BCUT2D eigenvalue weighted by atomic mass is 10.0. The largest absolute Gasteiger partial charge is 0.348 e. The van der Waals surface area contributed by atoms with Gasteiger partial charge in [-0.2, -0.15) is 0 Å². The average molecular weight is 453 g/mol. The minimum Gasteiger partial charge on any atom is -0.348 e. The number of carbonyl (C=O) groups is 2. The number of benzene rings is 1. The molecule has 3 aromatic rings. The molecule has 1 saturated heterocycles. The summed E-state index contributed by atoms with van der Waals surface area (Å²) < 4.78 is 13.9. The van der Waals surface area contributed by atoms with Crippen LogP contribution in [-0.4, -0.2) is 45.8 Å². The zero-order valence-electron chi connectivity index (χ0n) is 18.2.